The molecule has 2 heterocycles. The fraction of sp³-hybridized carbons (Fsp3) is 0.316. The summed E-state index contributed by atoms with van der Waals surface area (Å²) in [4.78, 5) is 38.9. The Morgan fingerprint density at radius 3 is 2.71 bits per heavy atom. The van der Waals surface area contributed by atoms with Gasteiger partial charge in [-0.25, -0.2) is 0 Å². The molecule has 3 N–H and O–H groups in total. The van der Waals surface area contributed by atoms with E-state index in [1.54, 1.807) is 49.6 Å². The molecular weight excluding hydrogens is 400 g/mol. The molecule has 9 heteroatoms. The highest BCUT2D eigenvalue weighted by Crippen LogP contribution is 2.29. The van der Waals surface area contributed by atoms with Gasteiger partial charge in [-0.1, -0.05) is 17.7 Å². The number of nitrogens with zero attached hydrogens (tertiary/aromatic N) is 1. The van der Waals surface area contributed by atoms with E-state index in [4.69, 9.17) is 11.6 Å². The van der Waals surface area contributed by atoms with Crippen LogP contribution in [0.25, 0.3) is 0 Å². The average molecular weight is 421 g/mol. The number of piperazine rings is 1. The van der Waals surface area contributed by atoms with E-state index in [1.165, 1.54) is 11.3 Å². The van der Waals surface area contributed by atoms with Crippen molar-refractivity contribution in [2.45, 2.75) is 19.4 Å². The second kappa shape index (κ2) is 8.20. The van der Waals surface area contributed by atoms with E-state index in [2.05, 4.69) is 16.0 Å². The quantitative estimate of drug-likeness (QED) is 0.693. The minimum Gasteiger partial charge on any atom is -0.359 e. The number of nitrogens with one attached hydrogen (secondary N) is 3. The first-order valence-corrected chi connectivity index (χ1v) is 10.0. The van der Waals surface area contributed by atoms with Crippen molar-refractivity contribution in [3.63, 3.8) is 0 Å². The van der Waals surface area contributed by atoms with Crippen molar-refractivity contribution in [3.8, 4) is 0 Å². The summed E-state index contributed by atoms with van der Waals surface area (Å²) >= 11 is 7.68. The summed E-state index contributed by atoms with van der Waals surface area (Å²) in [6.45, 7) is 4.74. The monoisotopic (exact) mass is 420 g/mol. The summed E-state index contributed by atoms with van der Waals surface area (Å²) in [6.07, 6.45) is 0. The lowest BCUT2D eigenvalue weighted by molar-refractivity contribution is -0.121. The third-order valence-corrected chi connectivity index (χ3v) is 5.49. The van der Waals surface area contributed by atoms with Crippen molar-refractivity contribution in [2.75, 3.05) is 29.9 Å². The molecule has 3 amide bonds. The molecule has 1 aliphatic heterocycles. The molecular formula is C19H21ClN4O3S. The van der Waals surface area contributed by atoms with E-state index in [0.717, 1.165) is 5.69 Å². The first kappa shape index (κ1) is 20.2. The smallest absolute Gasteiger partial charge is 0.262 e. The highest BCUT2D eigenvalue weighted by Gasteiger charge is 2.30. The van der Waals surface area contributed by atoms with Gasteiger partial charge in [0.25, 0.3) is 5.91 Å². The molecule has 1 aromatic heterocycles. The number of hydrogen-bond donors (Lipinski definition) is 3. The standard InChI is InChI=1S/C19H21ClN4O3S/c1-19(2,23-17(26)15-4-3-9-28-15)18(27)22-12-5-6-14(13(20)10-12)24-8-7-21-16(25)11-24/h3-6,9-10H,7-8,11H2,1-2H3,(H,21,25)(H,22,27)(H,23,26). The number of carbonyl (C=O) groups is 3. The first-order chi connectivity index (χ1) is 13.3. The lowest BCUT2D eigenvalue weighted by Crippen LogP contribution is -2.52. The molecule has 1 aromatic carbocycles. The fourth-order valence-electron chi connectivity index (χ4n) is 2.78. The number of anilines is 2. The van der Waals surface area contributed by atoms with Gasteiger partial charge in [0.1, 0.15) is 5.54 Å². The molecule has 0 atom stereocenters. The fourth-order valence-corrected chi connectivity index (χ4v) is 3.70. The zero-order valence-electron chi connectivity index (χ0n) is 15.5. The normalized spacial score (nSPS) is 14.4. The summed E-state index contributed by atoms with van der Waals surface area (Å²) in [5, 5.41) is 10.5. The number of benzene rings is 1. The van der Waals surface area contributed by atoms with Crippen LogP contribution in [0.2, 0.25) is 5.02 Å². The Labute approximate surface area is 172 Å². The molecule has 0 unspecified atom stereocenters. The Morgan fingerprint density at radius 1 is 1.29 bits per heavy atom. The molecule has 0 radical (unpaired) electrons. The summed E-state index contributed by atoms with van der Waals surface area (Å²) in [6, 6.07) is 8.62. The molecule has 1 aliphatic rings. The van der Waals surface area contributed by atoms with Crippen molar-refractivity contribution in [1.82, 2.24) is 10.6 Å². The molecule has 1 fully saturated rings. The van der Waals surface area contributed by atoms with E-state index in [-0.39, 0.29) is 24.3 Å². The van der Waals surface area contributed by atoms with Crippen LogP contribution in [0.15, 0.2) is 35.7 Å². The van der Waals surface area contributed by atoms with Crippen molar-refractivity contribution in [3.05, 3.63) is 45.6 Å². The van der Waals surface area contributed by atoms with Crippen molar-refractivity contribution < 1.29 is 14.4 Å². The number of thiophene rings is 1. The van der Waals surface area contributed by atoms with Gasteiger partial charge in [-0.3, -0.25) is 14.4 Å². The Balaban J connectivity index is 1.67. The molecule has 1 saturated heterocycles. The van der Waals surface area contributed by atoms with Gasteiger partial charge in [0.15, 0.2) is 0 Å². The first-order valence-electron chi connectivity index (χ1n) is 8.75. The van der Waals surface area contributed by atoms with Crippen molar-refractivity contribution in [1.29, 1.82) is 0 Å². The molecule has 0 saturated carbocycles. The van der Waals surface area contributed by atoms with E-state index < -0.39 is 5.54 Å². The van der Waals surface area contributed by atoms with Crippen LogP contribution in [0.4, 0.5) is 11.4 Å². The van der Waals surface area contributed by atoms with Gasteiger partial charge in [0.2, 0.25) is 11.8 Å². The van der Waals surface area contributed by atoms with Crippen molar-refractivity contribution in [2.24, 2.45) is 0 Å². The zero-order valence-corrected chi connectivity index (χ0v) is 17.1. The van der Waals surface area contributed by atoms with E-state index in [1.807, 2.05) is 4.90 Å². The summed E-state index contributed by atoms with van der Waals surface area (Å²) in [5.74, 6) is -0.714. The van der Waals surface area contributed by atoms with Gasteiger partial charge >= 0.3 is 0 Å². The molecule has 7 nitrogen and oxygen atoms in total. The van der Waals surface area contributed by atoms with Gasteiger partial charge in [-0.05, 0) is 43.5 Å². The van der Waals surface area contributed by atoms with Crippen LogP contribution in [0.1, 0.15) is 23.5 Å². The predicted molar refractivity (Wildman–Crippen MR) is 111 cm³/mol. The molecule has 0 spiro atoms. The summed E-state index contributed by atoms with van der Waals surface area (Å²) < 4.78 is 0. The Hall–Kier alpha value is -2.58. The predicted octanol–water partition coefficient (Wildman–Crippen LogP) is 2.48. The largest absolute Gasteiger partial charge is 0.359 e. The number of hydrogen-bond acceptors (Lipinski definition) is 5. The SMILES string of the molecule is CC(C)(NC(=O)c1cccs1)C(=O)Nc1ccc(N2CCNC(=O)C2)c(Cl)c1. The van der Waals surface area contributed by atoms with Gasteiger partial charge < -0.3 is 20.9 Å². The third kappa shape index (κ3) is 4.63. The molecule has 28 heavy (non-hydrogen) atoms. The van der Waals surface area contributed by atoms with Crippen LogP contribution < -0.4 is 20.9 Å². The minimum atomic E-state index is -1.11. The number of carbonyl (C=O) groups excluding carboxylic acids is 3. The van der Waals surface area contributed by atoms with Crippen LogP contribution in [-0.2, 0) is 9.59 Å². The highest BCUT2D eigenvalue weighted by atomic mass is 35.5. The third-order valence-electron chi connectivity index (χ3n) is 4.32. The Bertz CT molecular complexity index is 899. The topological polar surface area (TPSA) is 90.5 Å². The van der Waals surface area contributed by atoms with E-state index in [9.17, 15) is 14.4 Å². The Morgan fingerprint density at radius 2 is 2.07 bits per heavy atom. The van der Waals surface area contributed by atoms with Gasteiger partial charge in [0.05, 0.1) is 22.1 Å². The average Bonchev–Trinajstić information content (AvgIpc) is 3.16. The van der Waals surface area contributed by atoms with Gasteiger partial charge in [0, 0.05) is 18.8 Å². The van der Waals surface area contributed by atoms with Crippen molar-refractivity contribution >= 4 is 52.0 Å². The molecule has 148 valence electrons. The van der Waals surface area contributed by atoms with Gasteiger partial charge in [-0.15, -0.1) is 11.3 Å². The molecule has 3 rings (SSSR count). The maximum atomic E-state index is 12.7. The molecule has 0 aliphatic carbocycles. The summed E-state index contributed by atoms with van der Waals surface area (Å²) in [7, 11) is 0. The van der Waals surface area contributed by atoms with E-state index >= 15 is 0 Å². The molecule has 0 bridgehead atoms. The molecule has 2 aromatic rings. The number of amides is 3. The zero-order chi connectivity index (χ0) is 20.3. The van der Waals surface area contributed by atoms with Gasteiger partial charge in [-0.2, -0.15) is 0 Å². The van der Waals surface area contributed by atoms with Crippen LogP contribution in [-0.4, -0.2) is 42.9 Å². The van der Waals surface area contributed by atoms with E-state index in [0.29, 0.717) is 28.7 Å². The number of halogens is 1. The lowest BCUT2D eigenvalue weighted by Gasteiger charge is -2.29. The minimum absolute atomic E-state index is 0.0528. The highest BCUT2D eigenvalue weighted by molar-refractivity contribution is 7.12. The Kier molecular flexibility index (Phi) is 5.90. The second-order valence-corrected chi connectivity index (χ2v) is 8.30. The number of rotatable bonds is 5. The van der Waals surface area contributed by atoms with Crippen LogP contribution in [0.3, 0.4) is 0 Å². The van der Waals surface area contributed by atoms with Crippen LogP contribution in [0.5, 0.6) is 0 Å². The maximum absolute atomic E-state index is 12.7. The van der Waals surface area contributed by atoms with Crippen LogP contribution >= 0.6 is 22.9 Å². The lowest BCUT2D eigenvalue weighted by atomic mass is 10.0. The van der Waals surface area contributed by atoms with Crippen LogP contribution in [0, 0.1) is 0 Å². The second-order valence-electron chi connectivity index (χ2n) is 6.95. The maximum Gasteiger partial charge on any atom is 0.262 e. The summed E-state index contributed by atoms with van der Waals surface area (Å²) in [5.41, 5.74) is 0.135.